The molecule has 1 aliphatic heterocycles. The van der Waals surface area contributed by atoms with E-state index < -0.39 is 0 Å². The number of methoxy groups -OCH3 is 2. The summed E-state index contributed by atoms with van der Waals surface area (Å²) >= 11 is 3.38. The lowest BCUT2D eigenvalue weighted by Crippen LogP contribution is -2.40. The number of carbonyl (C=O) groups is 1. The highest BCUT2D eigenvalue weighted by molar-refractivity contribution is 9.10. The van der Waals surface area contributed by atoms with Crippen LogP contribution < -0.4 is 14.8 Å². The van der Waals surface area contributed by atoms with Crippen molar-refractivity contribution in [2.45, 2.75) is 25.3 Å². The van der Waals surface area contributed by atoms with Gasteiger partial charge in [0, 0.05) is 23.6 Å². The minimum absolute atomic E-state index is 0.205. The van der Waals surface area contributed by atoms with E-state index in [0.29, 0.717) is 30.0 Å². The van der Waals surface area contributed by atoms with Gasteiger partial charge < -0.3 is 14.8 Å². The lowest BCUT2D eigenvalue weighted by molar-refractivity contribution is 0.0936. The third-order valence-electron chi connectivity index (χ3n) is 4.26. The van der Waals surface area contributed by atoms with E-state index in [0.717, 1.165) is 30.4 Å². The van der Waals surface area contributed by atoms with Gasteiger partial charge in [-0.15, -0.1) is 0 Å². The third kappa shape index (κ3) is 4.60. The number of alkyl halides is 1. The van der Waals surface area contributed by atoms with E-state index >= 15 is 0 Å². The Morgan fingerprint density at radius 1 is 1.42 bits per heavy atom. The average molecular weight is 403 g/mol. The lowest BCUT2D eigenvalue weighted by atomic mass is 10.1. The highest BCUT2D eigenvalue weighted by Gasteiger charge is 2.25. The van der Waals surface area contributed by atoms with E-state index in [4.69, 9.17) is 9.47 Å². The maximum absolute atomic E-state index is 12.6. The number of hydrogen-bond donors (Lipinski definition) is 1. The summed E-state index contributed by atoms with van der Waals surface area (Å²) in [5.41, 5.74) is 0.428. The molecule has 0 aromatic heterocycles. The Morgan fingerprint density at radius 3 is 2.88 bits per heavy atom. The fourth-order valence-electron chi connectivity index (χ4n) is 3.09. The molecule has 0 saturated carbocycles. The monoisotopic (exact) mass is 402 g/mol. The Bertz CT molecular complexity index is 571. The summed E-state index contributed by atoms with van der Waals surface area (Å²) in [4.78, 5) is 14.8. The van der Waals surface area contributed by atoms with Crippen LogP contribution in [0, 0.1) is 0 Å². The number of hydrogen-bond acceptors (Lipinski definition) is 4. The zero-order valence-corrected chi connectivity index (χ0v) is 15.7. The number of benzene rings is 1. The standard InChI is InChI=1S/C17H24BrFN2O3/c1-23-15-10-12(18)9-14(16(15)24-2)17(22)20-11-13-5-3-7-21(13)8-4-6-19/h9-10,13H,3-8,11H2,1-2H3,(H,20,22). The van der Waals surface area contributed by atoms with Crippen LogP contribution in [-0.4, -0.2) is 57.4 Å². The molecule has 2 rings (SSSR count). The Balaban J connectivity index is 2.03. The number of likely N-dealkylation sites (tertiary alicyclic amines) is 1. The first kappa shape index (κ1) is 19.0. The zero-order chi connectivity index (χ0) is 17.5. The van der Waals surface area contributed by atoms with Crippen LogP contribution >= 0.6 is 15.9 Å². The smallest absolute Gasteiger partial charge is 0.255 e. The van der Waals surface area contributed by atoms with Gasteiger partial charge in [0.15, 0.2) is 11.5 Å². The molecule has 24 heavy (non-hydrogen) atoms. The van der Waals surface area contributed by atoms with E-state index in [9.17, 15) is 9.18 Å². The van der Waals surface area contributed by atoms with Gasteiger partial charge in [-0.2, -0.15) is 0 Å². The van der Waals surface area contributed by atoms with Gasteiger partial charge in [0.25, 0.3) is 5.91 Å². The summed E-state index contributed by atoms with van der Waals surface area (Å²) in [6.07, 6.45) is 2.65. The van der Waals surface area contributed by atoms with Gasteiger partial charge in [0.2, 0.25) is 0 Å². The molecular formula is C17H24BrFN2O3. The Hall–Kier alpha value is -1.34. The molecule has 1 saturated heterocycles. The molecule has 1 N–H and O–H groups in total. The number of nitrogens with one attached hydrogen (secondary N) is 1. The van der Waals surface area contributed by atoms with E-state index in [1.54, 1.807) is 12.1 Å². The normalized spacial score (nSPS) is 17.8. The topological polar surface area (TPSA) is 50.8 Å². The quantitative estimate of drug-likeness (QED) is 0.725. The van der Waals surface area contributed by atoms with Gasteiger partial charge in [0.1, 0.15) is 0 Å². The SMILES string of the molecule is COc1cc(Br)cc(C(=O)NCC2CCCN2CCCF)c1OC. The van der Waals surface area contributed by atoms with Crippen molar-refractivity contribution in [1.82, 2.24) is 10.2 Å². The number of rotatable bonds is 8. The maximum Gasteiger partial charge on any atom is 0.255 e. The highest BCUT2D eigenvalue weighted by Crippen LogP contribution is 2.34. The van der Waals surface area contributed by atoms with Crippen molar-refractivity contribution < 1.29 is 18.7 Å². The second-order valence-corrected chi connectivity index (χ2v) is 6.69. The maximum atomic E-state index is 12.6. The molecule has 1 unspecified atom stereocenters. The average Bonchev–Trinajstić information content (AvgIpc) is 3.04. The fourth-order valence-corrected chi connectivity index (χ4v) is 3.53. The van der Waals surface area contributed by atoms with Gasteiger partial charge >= 0.3 is 0 Å². The molecule has 1 fully saturated rings. The predicted octanol–water partition coefficient (Wildman–Crippen LogP) is 3.02. The van der Waals surface area contributed by atoms with Crippen molar-refractivity contribution in [3.8, 4) is 11.5 Å². The number of halogens is 2. The Morgan fingerprint density at radius 2 is 2.21 bits per heavy atom. The molecule has 1 aliphatic rings. The number of ether oxygens (including phenoxy) is 2. The summed E-state index contributed by atoms with van der Waals surface area (Å²) in [7, 11) is 3.05. The van der Waals surface area contributed by atoms with Crippen molar-refractivity contribution >= 4 is 21.8 Å². The Kier molecular flexibility index (Phi) is 7.30. The van der Waals surface area contributed by atoms with Gasteiger partial charge in [0.05, 0.1) is 26.5 Å². The van der Waals surface area contributed by atoms with Crippen LogP contribution in [0.15, 0.2) is 16.6 Å². The molecule has 134 valence electrons. The minimum Gasteiger partial charge on any atom is -0.493 e. The minimum atomic E-state index is -0.301. The zero-order valence-electron chi connectivity index (χ0n) is 14.1. The molecule has 1 amide bonds. The second kappa shape index (κ2) is 9.22. The van der Waals surface area contributed by atoms with Crippen molar-refractivity contribution in [2.75, 3.05) is 40.5 Å². The summed E-state index contributed by atoms with van der Waals surface area (Å²) in [6.45, 7) is 1.95. The predicted molar refractivity (Wildman–Crippen MR) is 94.8 cm³/mol. The van der Waals surface area contributed by atoms with Crippen molar-refractivity contribution in [3.05, 3.63) is 22.2 Å². The van der Waals surface area contributed by atoms with Crippen LogP contribution in [0.4, 0.5) is 4.39 Å². The molecule has 1 heterocycles. The van der Waals surface area contributed by atoms with Gasteiger partial charge in [-0.25, -0.2) is 0 Å². The van der Waals surface area contributed by atoms with Crippen molar-refractivity contribution in [3.63, 3.8) is 0 Å². The lowest BCUT2D eigenvalue weighted by Gasteiger charge is -2.24. The Labute approximate surface area is 150 Å². The molecule has 0 radical (unpaired) electrons. The van der Waals surface area contributed by atoms with Crippen LogP contribution in [0.3, 0.4) is 0 Å². The van der Waals surface area contributed by atoms with Crippen LogP contribution in [0.25, 0.3) is 0 Å². The van der Waals surface area contributed by atoms with Crippen molar-refractivity contribution in [2.24, 2.45) is 0 Å². The van der Waals surface area contributed by atoms with Gasteiger partial charge in [-0.3, -0.25) is 14.1 Å². The van der Waals surface area contributed by atoms with Crippen LogP contribution in [-0.2, 0) is 0 Å². The number of carbonyl (C=O) groups excluding carboxylic acids is 1. The van der Waals surface area contributed by atoms with E-state index in [-0.39, 0.29) is 18.6 Å². The van der Waals surface area contributed by atoms with Crippen LogP contribution in [0.2, 0.25) is 0 Å². The van der Waals surface area contributed by atoms with Gasteiger partial charge in [-0.05, 0) is 37.9 Å². The van der Waals surface area contributed by atoms with Crippen molar-refractivity contribution in [1.29, 1.82) is 0 Å². The largest absolute Gasteiger partial charge is 0.493 e. The van der Waals surface area contributed by atoms with Gasteiger partial charge in [-0.1, -0.05) is 15.9 Å². The van der Waals surface area contributed by atoms with Crippen LogP contribution in [0.1, 0.15) is 29.6 Å². The fraction of sp³-hybridized carbons (Fsp3) is 0.588. The highest BCUT2D eigenvalue weighted by atomic mass is 79.9. The molecule has 7 heteroatoms. The second-order valence-electron chi connectivity index (χ2n) is 5.77. The molecular weight excluding hydrogens is 379 g/mol. The first-order valence-corrected chi connectivity index (χ1v) is 8.89. The molecule has 1 aromatic carbocycles. The number of nitrogens with zero attached hydrogens (tertiary/aromatic N) is 1. The molecule has 0 bridgehead atoms. The summed E-state index contributed by atoms with van der Waals surface area (Å²) in [5.74, 6) is 0.713. The third-order valence-corrected chi connectivity index (χ3v) is 4.72. The summed E-state index contributed by atoms with van der Waals surface area (Å²) < 4.78 is 23.7. The number of amides is 1. The molecule has 1 atom stereocenters. The first-order chi connectivity index (χ1) is 11.6. The van der Waals surface area contributed by atoms with E-state index in [2.05, 4.69) is 26.1 Å². The van der Waals surface area contributed by atoms with E-state index in [1.165, 1.54) is 14.2 Å². The molecule has 5 nitrogen and oxygen atoms in total. The summed E-state index contributed by atoms with van der Waals surface area (Å²) in [5, 5.41) is 2.97. The van der Waals surface area contributed by atoms with E-state index in [1.807, 2.05) is 0 Å². The first-order valence-electron chi connectivity index (χ1n) is 8.10. The molecule has 1 aromatic rings. The van der Waals surface area contributed by atoms with Crippen LogP contribution in [0.5, 0.6) is 11.5 Å². The molecule has 0 spiro atoms. The molecule has 0 aliphatic carbocycles. The summed E-state index contributed by atoms with van der Waals surface area (Å²) in [6, 6.07) is 3.73.